The van der Waals surface area contributed by atoms with Gasteiger partial charge in [-0.3, -0.25) is 4.68 Å². The topological polar surface area (TPSA) is 83.9 Å². The summed E-state index contributed by atoms with van der Waals surface area (Å²) in [5, 5.41) is 19.5. The third-order valence-corrected chi connectivity index (χ3v) is 4.33. The average Bonchev–Trinajstić information content (AvgIpc) is 3.29. The van der Waals surface area contributed by atoms with Crippen molar-refractivity contribution in [1.82, 2.24) is 29.7 Å². The minimum Gasteiger partial charge on any atom is -0.393 e. The van der Waals surface area contributed by atoms with E-state index in [1.54, 1.807) is 24.0 Å². The molecule has 0 saturated carbocycles. The molecule has 0 fully saturated rings. The van der Waals surface area contributed by atoms with E-state index < -0.39 is 0 Å². The Labute approximate surface area is 146 Å². The Kier molecular flexibility index (Phi) is 4.92. The summed E-state index contributed by atoms with van der Waals surface area (Å²) in [6, 6.07) is 2.33. The Bertz CT molecular complexity index is 899. The van der Waals surface area contributed by atoms with Crippen molar-refractivity contribution in [3.8, 4) is 11.3 Å². The zero-order chi connectivity index (χ0) is 17.8. The largest absolute Gasteiger partial charge is 0.393 e. The highest BCUT2D eigenvalue weighted by Crippen LogP contribution is 2.26. The van der Waals surface area contributed by atoms with E-state index in [1.165, 1.54) is 6.21 Å². The summed E-state index contributed by atoms with van der Waals surface area (Å²) >= 11 is 0. The van der Waals surface area contributed by atoms with Gasteiger partial charge < -0.3 is 10.7 Å². The minimum atomic E-state index is 0.388. The predicted molar refractivity (Wildman–Crippen MR) is 99.6 cm³/mol. The van der Waals surface area contributed by atoms with Crippen LogP contribution in [-0.2, 0) is 0 Å². The molecule has 0 aliphatic carbocycles. The molecule has 3 rings (SSSR count). The Hall–Kier alpha value is -2.96. The fourth-order valence-corrected chi connectivity index (χ4v) is 2.95. The Morgan fingerprint density at radius 1 is 1.28 bits per heavy atom. The molecule has 0 aromatic carbocycles. The van der Waals surface area contributed by atoms with Crippen molar-refractivity contribution in [1.29, 1.82) is 5.41 Å². The lowest BCUT2D eigenvalue weighted by molar-refractivity contribution is 0.428. The van der Waals surface area contributed by atoms with Gasteiger partial charge in [0, 0.05) is 36.8 Å². The van der Waals surface area contributed by atoms with E-state index in [2.05, 4.69) is 29.4 Å². The molecule has 25 heavy (non-hydrogen) atoms. The van der Waals surface area contributed by atoms with Gasteiger partial charge in [-0.15, -0.1) is 0 Å². The Morgan fingerprint density at radius 2 is 2.08 bits per heavy atom. The van der Waals surface area contributed by atoms with Crippen LogP contribution in [0.4, 0.5) is 0 Å². The van der Waals surface area contributed by atoms with E-state index >= 15 is 0 Å². The number of nitrogens with one attached hydrogen (secondary N) is 2. The van der Waals surface area contributed by atoms with Crippen molar-refractivity contribution >= 4 is 17.3 Å². The van der Waals surface area contributed by atoms with Gasteiger partial charge in [0.15, 0.2) is 0 Å². The second-order valence-electron chi connectivity index (χ2n) is 5.85. The maximum absolute atomic E-state index is 7.64. The van der Waals surface area contributed by atoms with Crippen LogP contribution in [0.3, 0.4) is 0 Å². The second-order valence-corrected chi connectivity index (χ2v) is 5.85. The zero-order valence-electron chi connectivity index (χ0n) is 14.8. The van der Waals surface area contributed by atoms with Crippen LogP contribution in [0, 0.1) is 5.41 Å². The van der Waals surface area contributed by atoms with E-state index in [1.807, 2.05) is 29.3 Å². The fraction of sp³-hybridized carbons (Fsp3) is 0.333. The molecule has 2 N–H and O–H groups in total. The van der Waals surface area contributed by atoms with E-state index in [0.29, 0.717) is 17.3 Å². The van der Waals surface area contributed by atoms with Crippen molar-refractivity contribution in [2.75, 3.05) is 7.05 Å². The number of allylic oxidation sites excluding steroid dienone is 1. The number of hydrogen-bond donors (Lipinski definition) is 2. The van der Waals surface area contributed by atoms with E-state index in [0.717, 1.165) is 29.6 Å². The van der Waals surface area contributed by atoms with Gasteiger partial charge in [-0.2, -0.15) is 10.2 Å². The van der Waals surface area contributed by atoms with Gasteiger partial charge in [0.1, 0.15) is 0 Å². The molecule has 130 valence electrons. The maximum Gasteiger partial charge on any atom is 0.0999 e. The highest BCUT2D eigenvalue weighted by atomic mass is 15.3. The lowest BCUT2D eigenvalue weighted by Gasteiger charge is -2.12. The van der Waals surface area contributed by atoms with Crippen LogP contribution in [0.25, 0.3) is 22.3 Å². The molecule has 3 aromatic heterocycles. The molecule has 3 heterocycles. The summed E-state index contributed by atoms with van der Waals surface area (Å²) in [5.74, 6) is 0. The number of rotatable bonds is 7. The Morgan fingerprint density at radius 3 is 2.76 bits per heavy atom. The summed E-state index contributed by atoms with van der Waals surface area (Å²) in [6.07, 6.45) is 12.6. The molecular weight excluding hydrogens is 314 g/mol. The first-order valence-corrected chi connectivity index (χ1v) is 8.49. The summed E-state index contributed by atoms with van der Waals surface area (Å²) in [5.41, 5.74) is 4.06. The Balaban J connectivity index is 2.14. The summed E-state index contributed by atoms with van der Waals surface area (Å²) < 4.78 is 3.80. The highest BCUT2D eigenvalue weighted by molar-refractivity contribution is 6.07. The summed E-state index contributed by atoms with van der Waals surface area (Å²) in [6.45, 7) is 4.34. The van der Waals surface area contributed by atoms with Crippen LogP contribution in [0.5, 0.6) is 0 Å². The molecule has 0 aliphatic rings. The zero-order valence-corrected chi connectivity index (χ0v) is 14.8. The third kappa shape index (κ3) is 3.17. The van der Waals surface area contributed by atoms with Crippen LogP contribution in [0.1, 0.15) is 38.4 Å². The quantitative estimate of drug-likeness (QED) is 0.649. The number of hydrogen-bond acceptors (Lipinski definition) is 5. The first-order valence-electron chi connectivity index (χ1n) is 8.49. The first-order chi connectivity index (χ1) is 12.2. The standard InChI is InChI=1S/C18H23N7/c1-4-15(5-2)24-11-14(10-22-24)18-17-6-7-21-25(17)12-16(23-18)13(8-19)9-20-3/h6-12,15,19-20H,4-5H2,1-3H3/b13-9+,19-8?. The molecule has 0 bridgehead atoms. The van der Waals surface area contributed by atoms with E-state index in [4.69, 9.17) is 10.4 Å². The van der Waals surface area contributed by atoms with E-state index in [-0.39, 0.29) is 0 Å². The number of fused-ring (bicyclic) bond motifs is 1. The van der Waals surface area contributed by atoms with Crippen molar-refractivity contribution in [2.45, 2.75) is 32.7 Å². The molecule has 0 spiro atoms. The molecule has 0 atom stereocenters. The summed E-state index contributed by atoms with van der Waals surface area (Å²) in [4.78, 5) is 4.78. The third-order valence-electron chi connectivity index (χ3n) is 4.33. The molecule has 0 aliphatic heterocycles. The van der Waals surface area contributed by atoms with Gasteiger partial charge in [-0.1, -0.05) is 13.8 Å². The normalized spacial score (nSPS) is 12.1. The van der Waals surface area contributed by atoms with Gasteiger partial charge in [0.25, 0.3) is 0 Å². The highest BCUT2D eigenvalue weighted by Gasteiger charge is 2.15. The van der Waals surface area contributed by atoms with Gasteiger partial charge in [-0.25, -0.2) is 9.50 Å². The van der Waals surface area contributed by atoms with Crippen molar-refractivity contribution in [3.63, 3.8) is 0 Å². The van der Waals surface area contributed by atoms with Crippen LogP contribution in [0.2, 0.25) is 0 Å². The first kappa shape index (κ1) is 16.9. The number of nitrogens with zero attached hydrogens (tertiary/aromatic N) is 5. The maximum atomic E-state index is 7.64. The van der Waals surface area contributed by atoms with Crippen LogP contribution < -0.4 is 5.32 Å². The monoisotopic (exact) mass is 337 g/mol. The molecule has 0 saturated heterocycles. The van der Waals surface area contributed by atoms with Crippen LogP contribution in [0.15, 0.2) is 37.1 Å². The molecule has 0 radical (unpaired) electrons. The van der Waals surface area contributed by atoms with Crippen LogP contribution in [-0.4, -0.2) is 37.6 Å². The average molecular weight is 337 g/mol. The van der Waals surface area contributed by atoms with Gasteiger partial charge >= 0.3 is 0 Å². The lowest BCUT2D eigenvalue weighted by Crippen LogP contribution is -2.06. The second kappa shape index (κ2) is 7.29. The van der Waals surface area contributed by atoms with Crippen molar-refractivity contribution < 1.29 is 0 Å². The number of aromatic nitrogens is 5. The van der Waals surface area contributed by atoms with Gasteiger partial charge in [-0.05, 0) is 18.9 Å². The molecule has 7 nitrogen and oxygen atoms in total. The molecule has 7 heteroatoms. The minimum absolute atomic E-state index is 0.388. The molecular formula is C18H23N7. The fourth-order valence-electron chi connectivity index (χ4n) is 2.95. The van der Waals surface area contributed by atoms with Gasteiger partial charge in [0.05, 0.1) is 41.5 Å². The van der Waals surface area contributed by atoms with Crippen molar-refractivity contribution in [2.24, 2.45) is 0 Å². The van der Waals surface area contributed by atoms with Crippen LogP contribution >= 0.6 is 0 Å². The summed E-state index contributed by atoms with van der Waals surface area (Å²) in [7, 11) is 1.80. The predicted octanol–water partition coefficient (Wildman–Crippen LogP) is 3.16. The van der Waals surface area contributed by atoms with E-state index in [9.17, 15) is 0 Å². The lowest BCUT2D eigenvalue weighted by atomic mass is 10.1. The molecule has 3 aromatic rings. The molecule has 0 amide bonds. The smallest absolute Gasteiger partial charge is 0.0999 e. The SMILES string of the molecule is CCC(CC)n1cc(-c2nc(/C(C=N)=C/NC)cn3nccc23)cn1. The molecule has 0 unspecified atom stereocenters. The van der Waals surface area contributed by atoms with Gasteiger partial charge in [0.2, 0.25) is 0 Å². The van der Waals surface area contributed by atoms with Crippen molar-refractivity contribution in [3.05, 3.63) is 42.7 Å².